The zero-order valence-electron chi connectivity index (χ0n) is 16.6. The summed E-state index contributed by atoms with van der Waals surface area (Å²) >= 11 is 0. The molecule has 2 aromatic heterocycles. The van der Waals surface area contributed by atoms with Crippen LogP contribution in [0.15, 0.2) is 53.2 Å². The van der Waals surface area contributed by atoms with Gasteiger partial charge in [0.25, 0.3) is 0 Å². The highest BCUT2D eigenvalue weighted by Gasteiger charge is 2.27. The second-order valence-corrected chi connectivity index (χ2v) is 7.73. The SMILES string of the molecule is O=C(NCc1cc(F)cc(F)c1)C1CCN(c2ncnc3c2oc2ccccc23)CC1. The lowest BCUT2D eigenvalue weighted by Gasteiger charge is -2.31. The first-order valence-electron chi connectivity index (χ1n) is 10.2. The summed E-state index contributed by atoms with van der Waals surface area (Å²) in [5, 5.41) is 3.74. The van der Waals surface area contributed by atoms with E-state index >= 15 is 0 Å². The Kier molecular flexibility index (Phi) is 4.97. The maximum atomic E-state index is 13.3. The van der Waals surface area contributed by atoms with Crippen molar-refractivity contribution in [1.82, 2.24) is 15.3 Å². The predicted molar refractivity (Wildman–Crippen MR) is 112 cm³/mol. The van der Waals surface area contributed by atoms with Crippen molar-refractivity contribution in [1.29, 1.82) is 0 Å². The Morgan fingerprint density at radius 2 is 1.84 bits per heavy atom. The van der Waals surface area contributed by atoms with Crippen LogP contribution < -0.4 is 10.2 Å². The first-order chi connectivity index (χ1) is 15.1. The number of carbonyl (C=O) groups is 1. The van der Waals surface area contributed by atoms with E-state index in [0.717, 1.165) is 28.4 Å². The molecule has 4 aromatic rings. The minimum Gasteiger partial charge on any atom is -0.450 e. The van der Waals surface area contributed by atoms with Crippen LogP contribution in [0.1, 0.15) is 18.4 Å². The Hall–Kier alpha value is -3.55. The first-order valence-corrected chi connectivity index (χ1v) is 10.2. The first kappa shape index (κ1) is 19.4. The van der Waals surface area contributed by atoms with E-state index in [1.54, 1.807) is 0 Å². The number of fused-ring (bicyclic) bond motifs is 3. The van der Waals surface area contributed by atoms with Crippen molar-refractivity contribution in [2.24, 2.45) is 5.92 Å². The Morgan fingerprint density at radius 1 is 1.10 bits per heavy atom. The summed E-state index contributed by atoms with van der Waals surface area (Å²) < 4.78 is 32.6. The molecule has 0 spiro atoms. The summed E-state index contributed by atoms with van der Waals surface area (Å²) in [5.41, 5.74) is 2.60. The molecule has 8 heteroatoms. The minimum absolute atomic E-state index is 0.0965. The monoisotopic (exact) mass is 422 g/mol. The minimum atomic E-state index is -0.653. The second kappa shape index (κ2) is 7.94. The van der Waals surface area contributed by atoms with Crippen molar-refractivity contribution >= 4 is 33.8 Å². The molecule has 1 aliphatic rings. The van der Waals surface area contributed by atoms with Crippen LogP contribution in [0.25, 0.3) is 22.1 Å². The Labute approximate surface area is 176 Å². The molecule has 0 radical (unpaired) electrons. The molecular weight excluding hydrogens is 402 g/mol. The lowest BCUT2D eigenvalue weighted by Crippen LogP contribution is -2.40. The van der Waals surface area contributed by atoms with Gasteiger partial charge in [-0.05, 0) is 42.7 Å². The van der Waals surface area contributed by atoms with Crippen LogP contribution in [-0.4, -0.2) is 29.0 Å². The lowest BCUT2D eigenvalue weighted by atomic mass is 9.95. The van der Waals surface area contributed by atoms with Crippen LogP contribution in [0.3, 0.4) is 0 Å². The normalized spacial score (nSPS) is 15.0. The van der Waals surface area contributed by atoms with Gasteiger partial charge in [-0.15, -0.1) is 0 Å². The maximum Gasteiger partial charge on any atom is 0.223 e. The average molecular weight is 422 g/mol. The number of amides is 1. The lowest BCUT2D eigenvalue weighted by molar-refractivity contribution is -0.125. The van der Waals surface area contributed by atoms with Gasteiger partial charge in [0.2, 0.25) is 5.91 Å². The molecule has 0 aliphatic carbocycles. The molecular formula is C23H20F2N4O2. The zero-order chi connectivity index (χ0) is 21.4. The number of nitrogens with one attached hydrogen (secondary N) is 1. The highest BCUT2D eigenvalue weighted by molar-refractivity contribution is 6.05. The summed E-state index contributed by atoms with van der Waals surface area (Å²) in [7, 11) is 0. The highest BCUT2D eigenvalue weighted by Crippen LogP contribution is 2.33. The van der Waals surface area contributed by atoms with Crippen molar-refractivity contribution in [2.75, 3.05) is 18.0 Å². The van der Waals surface area contributed by atoms with Crippen LogP contribution in [0, 0.1) is 17.6 Å². The van der Waals surface area contributed by atoms with Crippen LogP contribution in [-0.2, 0) is 11.3 Å². The van der Waals surface area contributed by atoms with Gasteiger partial charge in [0.15, 0.2) is 11.4 Å². The number of nitrogens with zero attached hydrogens (tertiary/aromatic N) is 3. The number of piperidine rings is 1. The van der Waals surface area contributed by atoms with E-state index in [-0.39, 0.29) is 18.4 Å². The summed E-state index contributed by atoms with van der Waals surface area (Å²) in [5.74, 6) is -0.850. The van der Waals surface area contributed by atoms with E-state index in [2.05, 4.69) is 20.2 Å². The maximum absolute atomic E-state index is 13.3. The molecule has 6 nitrogen and oxygen atoms in total. The molecule has 1 fully saturated rings. The van der Waals surface area contributed by atoms with Gasteiger partial charge < -0.3 is 14.6 Å². The molecule has 0 atom stereocenters. The van der Waals surface area contributed by atoms with Crippen LogP contribution in [0.5, 0.6) is 0 Å². The van der Waals surface area contributed by atoms with E-state index in [9.17, 15) is 13.6 Å². The Bertz CT molecular complexity index is 1240. The van der Waals surface area contributed by atoms with Gasteiger partial charge in [-0.2, -0.15) is 0 Å². The molecule has 1 N–H and O–H groups in total. The van der Waals surface area contributed by atoms with E-state index < -0.39 is 11.6 Å². The highest BCUT2D eigenvalue weighted by atomic mass is 19.1. The van der Waals surface area contributed by atoms with Crippen molar-refractivity contribution < 1.29 is 18.0 Å². The topological polar surface area (TPSA) is 71.3 Å². The molecule has 2 aromatic carbocycles. The van der Waals surface area contributed by atoms with E-state index in [4.69, 9.17) is 4.42 Å². The second-order valence-electron chi connectivity index (χ2n) is 7.73. The number of hydrogen-bond acceptors (Lipinski definition) is 5. The standard InChI is InChI=1S/C23H20F2N4O2/c24-16-9-14(10-17(25)11-16)12-26-23(30)15-5-7-29(8-6-15)22-21-20(27-13-28-22)18-3-1-2-4-19(18)31-21/h1-4,9-11,13,15H,5-8,12H2,(H,26,30). The van der Waals surface area contributed by atoms with Crippen LogP contribution in [0.4, 0.5) is 14.6 Å². The molecule has 158 valence electrons. The number of hydrogen-bond donors (Lipinski definition) is 1. The average Bonchev–Trinajstić information content (AvgIpc) is 3.16. The van der Waals surface area contributed by atoms with Crippen molar-refractivity contribution in [3.63, 3.8) is 0 Å². The van der Waals surface area contributed by atoms with Gasteiger partial charge in [-0.25, -0.2) is 18.7 Å². The quantitative estimate of drug-likeness (QED) is 0.534. The number of rotatable bonds is 4. The summed E-state index contributed by atoms with van der Waals surface area (Å²) in [6.45, 7) is 1.39. The number of benzene rings is 2. The van der Waals surface area contributed by atoms with E-state index in [1.807, 2.05) is 24.3 Å². The fourth-order valence-electron chi connectivity index (χ4n) is 4.14. The third-order valence-corrected chi connectivity index (χ3v) is 5.69. The molecule has 0 saturated carbocycles. The van der Waals surface area contributed by atoms with Gasteiger partial charge in [-0.1, -0.05) is 12.1 Å². The van der Waals surface area contributed by atoms with Crippen LogP contribution in [0.2, 0.25) is 0 Å². The molecule has 0 bridgehead atoms. The summed E-state index contributed by atoms with van der Waals surface area (Å²) in [4.78, 5) is 23.5. The Balaban J connectivity index is 1.25. The molecule has 3 heterocycles. The van der Waals surface area contributed by atoms with Crippen molar-refractivity contribution in [3.8, 4) is 0 Å². The third-order valence-electron chi connectivity index (χ3n) is 5.69. The summed E-state index contributed by atoms with van der Waals surface area (Å²) in [6.07, 6.45) is 2.83. The number of anilines is 1. The number of furan rings is 1. The zero-order valence-corrected chi connectivity index (χ0v) is 16.6. The largest absolute Gasteiger partial charge is 0.450 e. The molecule has 1 amide bonds. The van der Waals surface area contributed by atoms with E-state index in [1.165, 1.54) is 18.5 Å². The van der Waals surface area contributed by atoms with Gasteiger partial charge in [0, 0.05) is 37.0 Å². The molecule has 1 saturated heterocycles. The molecule has 0 unspecified atom stereocenters. The number of halogens is 2. The fourth-order valence-corrected chi connectivity index (χ4v) is 4.14. The van der Waals surface area contributed by atoms with Crippen molar-refractivity contribution in [2.45, 2.75) is 19.4 Å². The number of para-hydroxylation sites is 1. The summed E-state index contributed by atoms with van der Waals surface area (Å²) in [6, 6.07) is 11.0. The van der Waals surface area contributed by atoms with Crippen LogP contribution >= 0.6 is 0 Å². The fraction of sp³-hybridized carbons (Fsp3) is 0.261. The van der Waals surface area contributed by atoms with E-state index in [0.29, 0.717) is 37.1 Å². The van der Waals surface area contributed by atoms with Gasteiger partial charge in [-0.3, -0.25) is 4.79 Å². The predicted octanol–water partition coefficient (Wildman–Crippen LogP) is 4.19. The molecule has 31 heavy (non-hydrogen) atoms. The molecule has 5 rings (SSSR count). The number of aromatic nitrogens is 2. The van der Waals surface area contributed by atoms with Gasteiger partial charge in [0.1, 0.15) is 29.1 Å². The number of carbonyl (C=O) groups excluding carboxylic acids is 1. The van der Waals surface area contributed by atoms with Gasteiger partial charge in [0.05, 0.1) is 0 Å². The third kappa shape index (κ3) is 3.81. The smallest absolute Gasteiger partial charge is 0.223 e. The van der Waals surface area contributed by atoms with Crippen molar-refractivity contribution in [3.05, 3.63) is 66.0 Å². The molecule has 1 aliphatic heterocycles. The Morgan fingerprint density at radius 3 is 2.61 bits per heavy atom. The van der Waals surface area contributed by atoms with Gasteiger partial charge >= 0.3 is 0 Å².